The number of para-hydroxylation sites is 2. The topological polar surface area (TPSA) is 38.9 Å². The van der Waals surface area contributed by atoms with Gasteiger partial charge in [-0.2, -0.15) is 0 Å². The molecule has 0 aliphatic heterocycles. The molecule has 0 radical (unpaired) electrons. The van der Waals surface area contributed by atoms with E-state index in [0.717, 1.165) is 16.7 Å². The van der Waals surface area contributed by atoms with Gasteiger partial charge in [0, 0.05) is 6.20 Å². The van der Waals surface area contributed by atoms with E-state index in [9.17, 15) is 0 Å². The minimum absolute atomic E-state index is 0.458. The van der Waals surface area contributed by atoms with Crippen LogP contribution < -0.4 is 0 Å². The largest absolute Gasteiger partial charge is 0.436 e. The van der Waals surface area contributed by atoms with Crippen LogP contribution in [0.25, 0.3) is 22.6 Å². The van der Waals surface area contributed by atoms with Gasteiger partial charge in [-0.3, -0.25) is 0 Å². The van der Waals surface area contributed by atoms with E-state index in [2.05, 4.69) is 9.97 Å². The highest BCUT2D eigenvalue weighted by molar-refractivity contribution is 6.29. The van der Waals surface area contributed by atoms with Gasteiger partial charge in [-0.15, -0.1) is 0 Å². The van der Waals surface area contributed by atoms with Crippen molar-refractivity contribution in [1.29, 1.82) is 0 Å². The SMILES string of the molecule is Clc1ccc(-c2nc3ccccc3o2)cn1. The predicted molar refractivity (Wildman–Crippen MR) is 62.3 cm³/mol. The predicted octanol–water partition coefficient (Wildman–Crippen LogP) is 3.54. The van der Waals surface area contributed by atoms with E-state index in [-0.39, 0.29) is 0 Å². The maximum atomic E-state index is 5.72. The third-order valence-corrected chi connectivity index (χ3v) is 2.49. The third-order valence-electron chi connectivity index (χ3n) is 2.27. The summed E-state index contributed by atoms with van der Waals surface area (Å²) in [6, 6.07) is 11.2. The lowest BCUT2D eigenvalue weighted by molar-refractivity contribution is 0.619. The average Bonchev–Trinajstić information content (AvgIpc) is 2.73. The van der Waals surface area contributed by atoms with Gasteiger partial charge in [0.25, 0.3) is 0 Å². The Balaban J connectivity index is 2.15. The summed E-state index contributed by atoms with van der Waals surface area (Å²) in [6.07, 6.45) is 1.65. The zero-order valence-corrected chi connectivity index (χ0v) is 8.98. The van der Waals surface area contributed by atoms with Gasteiger partial charge in [0.1, 0.15) is 10.7 Å². The number of aromatic nitrogens is 2. The van der Waals surface area contributed by atoms with Crippen LogP contribution in [0.2, 0.25) is 5.15 Å². The first-order valence-electron chi connectivity index (χ1n) is 4.80. The van der Waals surface area contributed by atoms with Gasteiger partial charge in [-0.1, -0.05) is 23.7 Å². The molecule has 1 aromatic carbocycles. The molecule has 2 aromatic heterocycles. The summed E-state index contributed by atoms with van der Waals surface area (Å²) in [5.41, 5.74) is 2.43. The molecule has 0 amide bonds. The molecule has 0 N–H and O–H groups in total. The molecule has 2 heterocycles. The highest BCUT2D eigenvalue weighted by atomic mass is 35.5. The number of oxazole rings is 1. The van der Waals surface area contributed by atoms with E-state index >= 15 is 0 Å². The van der Waals surface area contributed by atoms with Crippen LogP contribution in [0.5, 0.6) is 0 Å². The van der Waals surface area contributed by atoms with Crippen molar-refractivity contribution in [3.05, 3.63) is 47.7 Å². The minimum Gasteiger partial charge on any atom is -0.436 e. The van der Waals surface area contributed by atoms with Crippen LogP contribution in [0.3, 0.4) is 0 Å². The van der Waals surface area contributed by atoms with Crippen molar-refractivity contribution in [1.82, 2.24) is 9.97 Å². The summed E-state index contributed by atoms with van der Waals surface area (Å²) in [5, 5.41) is 0.458. The van der Waals surface area contributed by atoms with Gasteiger partial charge in [0.05, 0.1) is 5.56 Å². The van der Waals surface area contributed by atoms with Crippen LogP contribution in [0.4, 0.5) is 0 Å². The molecule has 4 heteroatoms. The van der Waals surface area contributed by atoms with Gasteiger partial charge >= 0.3 is 0 Å². The average molecular weight is 231 g/mol. The lowest BCUT2D eigenvalue weighted by Crippen LogP contribution is -1.79. The fourth-order valence-electron chi connectivity index (χ4n) is 1.50. The molecule has 3 aromatic rings. The van der Waals surface area contributed by atoms with Gasteiger partial charge in [0.2, 0.25) is 5.89 Å². The highest BCUT2D eigenvalue weighted by Crippen LogP contribution is 2.23. The number of fused-ring (bicyclic) bond motifs is 1. The van der Waals surface area contributed by atoms with E-state index in [1.54, 1.807) is 12.3 Å². The molecule has 0 aliphatic carbocycles. The molecule has 0 unspecified atom stereocenters. The Morgan fingerprint density at radius 3 is 2.69 bits per heavy atom. The quantitative estimate of drug-likeness (QED) is 0.600. The Morgan fingerprint density at radius 2 is 1.94 bits per heavy atom. The first-order chi connectivity index (χ1) is 7.83. The van der Waals surface area contributed by atoms with Gasteiger partial charge < -0.3 is 4.42 Å². The van der Waals surface area contributed by atoms with Crippen molar-refractivity contribution in [2.75, 3.05) is 0 Å². The van der Waals surface area contributed by atoms with Crippen LogP contribution in [0.15, 0.2) is 47.0 Å². The summed E-state index contributed by atoms with van der Waals surface area (Å²) in [7, 11) is 0. The number of rotatable bonds is 1. The first kappa shape index (κ1) is 9.36. The van der Waals surface area contributed by atoms with Crippen LogP contribution in [0, 0.1) is 0 Å². The Morgan fingerprint density at radius 1 is 1.06 bits per heavy atom. The second kappa shape index (κ2) is 3.61. The maximum absolute atomic E-state index is 5.72. The summed E-state index contributed by atoms with van der Waals surface area (Å²) in [5.74, 6) is 0.561. The minimum atomic E-state index is 0.458. The number of nitrogens with zero attached hydrogens (tertiary/aromatic N) is 2. The summed E-state index contributed by atoms with van der Waals surface area (Å²) in [4.78, 5) is 8.35. The Kier molecular flexibility index (Phi) is 2.11. The molecule has 0 spiro atoms. The molecule has 0 saturated heterocycles. The van der Waals surface area contributed by atoms with Crippen LogP contribution >= 0.6 is 11.6 Å². The molecule has 0 atom stereocenters. The van der Waals surface area contributed by atoms with E-state index in [1.165, 1.54) is 0 Å². The van der Waals surface area contributed by atoms with E-state index in [1.807, 2.05) is 30.3 Å². The van der Waals surface area contributed by atoms with Crippen LogP contribution in [0.1, 0.15) is 0 Å². The van der Waals surface area contributed by atoms with Crippen LogP contribution in [-0.2, 0) is 0 Å². The molecule has 3 rings (SSSR count). The molecular formula is C12H7ClN2O. The van der Waals surface area contributed by atoms with Crippen molar-refractivity contribution < 1.29 is 4.42 Å². The van der Waals surface area contributed by atoms with Crippen molar-refractivity contribution in [2.24, 2.45) is 0 Å². The van der Waals surface area contributed by atoms with Crippen molar-refractivity contribution in [2.45, 2.75) is 0 Å². The molecular weight excluding hydrogens is 224 g/mol. The van der Waals surface area contributed by atoms with Gasteiger partial charge in [-0.25, -0.2) is 9.97 Å². The third kappa shape index (κ3) is 1.55. The number of hydrogen-bond donors (Lipinski definition) is 0. The number of benzene rings is 1. The fourth-order valence-corrected chi connectivity index (χ4v) is 1.61. The second-order valence-corrected chi connectivity index (χ2v) is 3.74. The molecule has 78 valence electrons. The maximum Gasteiger partial charge on any atom is 0.228 e. The number of halogens is 1. The molecule has 16 heavy (non-hydrogen) atoms. The fraction of sp³-hybridized carbons (Fsp3) is 0. The normalized spacial score (nSPS) is 10.8. The molecule has 0 fully saturated rings. The smallest absolute Gasteiger partial charge is 0.228 e. The lowest BCUT2D eigenvalue weighted by Gasteiger charge is -1.93. The second-order valence-electron chi connectivity index (χ2n) is 3.36. The molecule has 0 saturated carbocycles. The van der Waals surface area contributed by atoms with Gasteiger partial charge in [-0.05, 0) is 24.3 Å². The van der Waals surface area contributed by atoms with Crippen molar-refractivity contribution in [3.63, 3.8) is 0 Å². The highest BCUT2D eigenvalue weighted by Gasteiger charge is 2.07. The number of hydrogen-bond acceptors (Lipinski definition) is 3. The van der Waals surface area contributed by atoms with Crippen molar-refractivity contribution in [3.8, 4) is 11.5 Å². The zero-order chi connectivity index (χ0) is 11.0. The molecule has 0 bridgehead atoms. The van der Waals surface area contributed by atoms with Crippen LogP contribution in [-0.4, -0.2) is 9.97 Å². The van der Waals surface area contributed by atoms with E-state index < -0.39 is 0 Å². The van der Waals surface area contributed by atoms with Gasteiger partial charge in [0.15, 0.2) is 5.58 Å². The Labute approximate surface area is 96.7 Å². The standard InChI is InChI=1S/C12H7ClN2O/c13-11-6-5-8(7-14-11)12-15-9-3-1-2-4-10(9)16-12/h1-7H. The number of pyridine rings is 1. The summed E-state index contributed by atoms with van der Waals surface area (Å²) >= 11 is 5.72. The molecule has 3 nitrogen and oxygen atoms in total. The lowest BCUT2D eigenvalue weighted by atomic mass is 10.3. The summed E-state index contributed by atoms with van der Waals surface area (Å²) in [6.45, 7) is 0. The van der Waals surface area contributed by atoms with E-state index in [0.29, 0.717) is 11.0 Å². The van der Waals surface area contributed by atoms with Crippen molar-refractivity contribution >= 4 is 22.7 Å². The zero-order valence-electron chi connectivity index (χ0n) is 8.22. The first-order valence-corrected chi connectivity index (χ1v) is 5.18. The Bertz CT molecular complexity index is 598. The summed E-state index contributed by atoms with van der Waals surface area (Å²) < 4.78 is 5.60. The molecule has 0 aliphatic rings. The Hall–Kier alpha value is -1.87. The van der Waals surface area contributed by atoms with E-state index in [4.69, 9.17) is 16.0 Å². The monoisotopic (exact) mass is 230 g/mol.